The average molecular weight is 262 g/mol. The molecule has 102 valence electrons. The monoisotopic (exact) mass is 262 g/mol. The van der Waals surface area contributed by atoms with Crippen LogP contribution in [-0.4, -0.2) is 26.3 Å². The highest BCUT2D eigenvalue weighted by Crippen LogP contribution is 2.23. The molecule has 0 saturated heterocycles. The molecule has 0 bridgehead atoms. The van der Waals surface area contributed by atoms with E-state index >= 15 is 0 Å². The zero-order valence-corrected chi connectivity index (χ0v) is 11.4. The van der Waals surface area contributed by atoms with Gasteiger partial charge < -0.3 is 19.2 Å². The van der Waals surface area contributed by atoms with Gasteiger partial charge in [-0.25, -0.2) is 0 Å². The fourth-order valence-corrected chi connectivity index (χ4v) is 1.82. The van der Waals surface area contributed by atoms with Crippen LogP contribution in [0.2, 0.25) is 0 Å². The van der Waals surface area contributed by atoms with Crippen molar-refractivity contribution in [3.8, 4) is 11.5 Å². The summed E-state index contributed by atoms with van der Waals surface area (Å²) in [5, 5.41) is 2.86. The minimum Gasteiger partial charge on any atom is -0.497 e. The molecule has 0 aliphatic rings. The lowest BCUT2D eigenvalue weighted by Gasteiger charge is -2.07. The Morgan fingerprint density at radius 1 is 1.11 bits per heavy atom. The van der Waals surface area contributed by atoms with Crippen molar-refractivity contribution in [2.75, 3.05) is 26.6 Å². The lowest BCUT2D eigenvalue weighted by atomic mass is 10.1. The van der Waals surface area contributed by atoms with E-state index in [1.54, 1.807) is 27.5 Å². The molecule has 0 aliphatic carbocycles. The molecular weight excluding hydrogens is 244 g/mol. The average Bonchev–Trinajstić information content (AvgIpc) is 2.92. The van der Waals surface area contributed by atoms with Gasteiger partial charge in [0, 0.05) is 13.1 Å². The van der Waals surface area contributed by atoms with Crippen molar-refractivity contribution >= 4 is 6.01 Å². The van der Waals surface area contributed by atoms with Crippen LogP contribution in [0, 0.1) is 0 Å². The topological polar surface area (TPSA) is 56.5 Å². The van der Waals surface area contributed by atoms with E-state index in [-0.39, 0.29) is 0 Å². The second-order valence-corrected chi connectivity index (χ2v) is 4.11. The number of anilines is 1. The second-order valence-electron chi connectivity index (χ2n) is 4.11. The summed E-state index contributed by atoms with van der Waals surface area (Å²) in [6.45, 7) is 0. The van der Waals surface area contributed by atoms with Gasteiger partial charge in [-0.15, -0.1) is 0 Å². The number of hydrogen-bond acceptors (Lipinski definition) is 5. The Balaban J connectivity index is 2.05. The molecular formula is C14H18N2O3. The molecule has 1 heterocycles. The van der Waals surface area contributed by atoms with Gasteiger partial charge >= 0.3 is 0 Å². The van der Waals surface area contributed by atoms with Gasteiger partial charge in [-0.1, -0.05) is 0 Å². The molecule has 1 N–H and O–H groups in total. The van der Waals surface area contributed by atoms with Gasteiger partial charge in [-0.3, -0.25) is 0 Å². The molecule has 2 rings (SSSR count). The van der Waals surface area contributed by atoms with E-state index in [2.05, 4.69) is 10.3 Å². The van der Waals surface area contributed by atoms with Crippen LogP contribution in [0.1, 0.15) is 11.3 Å². The third kappa shape index (κ3) is 3.40. The molecule has 19 heavy (non-hydrogen) atoms. The van der Waals surface area contributed by atoms with Crippen molar-refractivity contribution in [2.45, 2.75) is 12.8 Å². The van der Waals surface area contributed by atoms with E-state index in [0.717, 1.165) is 35.6 Å². The number of benzene rings is 1. The standard InChI is InChI=1S/C14H18N2O3/c1-15-14-16-11(9-19-14)5-4-10-6-12(17-2)8-13(7-10)18-3/h6-9H,4-5H2,1-3H3,(H,15,16). The molecule has 0 amide bonds. The first-order valence-electron chi connectivity index (χ1n) is 6.09. The molecule has 2 aromatic rings. The molecule has 5 nitrogen and oxygen atoms in total. The van der Waals surface area contributed by atoms with Crippen LogP contribution in [0.15, 0.2) is 28.9 Å². The maximum Gasteiger partial charge on any atom is 0.294 e. The maximum atomic E-state index is 5.25. The number of methoxy groups -OCH3 is 2. The van der Waals surface area contributed by atoms with Crippen LogP contribution in [-0.2, 0) is 12.8 Å². The molecule has 0 saturated carbocycles. The van der Waals surface area contributed by atoms with Crippen molar-refractivity contribution in [3.05, 3.63) is 35.7 Å². The summed E-state index contributed by atoms with van der Waals surface area (Å²) in [6.07, 6.45) is 3.33. The predicted molar refractivity (Wildman–Crippen MR) is 73.0 cm³/mol. The Morgan fingerprint density at radius 3 is 2.32 bits per heavy atom. The summed E-state index contributed by atoms with van der Waals surface area (Å²) >= 11 is 0. The molecule has 0 fully saturated rings. The third-order valence-electron chi connectivity index (χ3n) is 2.85. The van der Waals surface area contributed by atoms with Crippen molar-refractivity contribution < 1.29 is 13.9 Å². The third-order valence-corrected chi connectivity index (χ3v) is 2.85. The zero-order valence-electron chi connectivity index (χ0n) is 11.4. The molecule has 0 radical (unpaired) electrons. The lowest BCUT2D eigenvalue weighted by molar-refractivity contribution is 0.393. The number of rotatable bonds is 6. The van der Waals surface area contributed by atoms with E-state index < -0.39 is 0 Å². The van der Waals surface area contributed by atoms with Crippen LogP contribution in [0.4, 0.5) is 6.01 Å². The highest BCUT2D eigenvalue weighted by Gasteiger charge is 2.05. The van der Waals surface area contributed by atoms with E-state index in [4.69, 9.17) is 13.9 Å². The fourth-order valence-electron chi connectivity index (χ4n) is 1.82. The molecule has 0 atom stereocenters. The molecule has 5 heteroatoms. The van der Waals surface area contributed by atoms with Crippen molar-refractivity contribution in [3.63, 3.8) is 0 Å². The number of hydrogen-bond donors (Lipinski definition) is 1. The Kier molecular flexibility index (Phi) is 4.28. The minimum atomic E-state index is 0.540. The minimum absolute atomic E-state index is 0.540. The van der Waals surface area contributed by atoms with Crippen LogP contribution >= 0.6 is 0 Å². The molecule has 1 aromatic heterocycles. The van der Waals surface area contributed by atoms with Crippen molar-refractivity contribution in [2.24, 2.45) is 0 Å². The summed E-state index contributed by atoms with van der Waals surface area (Å²) in [5.74, 6) is 1.59. The summed E-state index contributed by atoms with van der Waals surface area (Å²) in [6, 6.07) is 6.40. The number of ether oxygens (including phenoxy) is 2. The maximum absolute atomic E-state index is 5.25. The quantitative estimate of drug-likeness (QED) is 0.867. The van der Waals surface area contributed by atoms with Crippen molar-refractivity contribution in [1.29, 1.82) is 0 Å². The Labute approximate surface area is 112 Å². The first-order chi connectivity index (χ1) is 9.25. The summed E-state index contributed by atoms with van der Waals surface area (Å²) in [7, 11) is 5.08. The number of aromatic nitrogens is 1. The van der Waals surface area contributed by atoms with Crippen molar-refractivity contribution in [1.82, 2.24) is 4.98 Å². The van der Waals surface area contributed by atoms with E-state index in [0.29, 0.717) is 6.01 Å². The Bertz CT molecular complexity index is 515. The van der Waals surface area contributed by atoms with Crippen LogP contribution in [0.3, 0.4) is 0 Å². The van der Waals surface area contributed by atoms with E-state index in [9.17, 15) is 0 Å². The second kappa shape index (κ2) is 6.13. The van der Waals surface area contributed by atoms with Gasteiger partial charge in [0.1, 0.15) is 17.8 Å². The lowest BCUT2D eigenvalue weighted by Crippen LogP contribution is -1.95. The van der Waals surface area contributed by atoms with Gasteiger partial charge in [-0.2, -0.15) is 4.98 Å². The van der Waals surface area contributed by atoms with Gasteiger partial charge in [0.2, 0.25) is 0 Å². The fraction of sp³-hybridized carbons (Fsp3) is 0.357. The molecule has 0 spiro atoms. The number of nitrogens with one attached hydrogen (secondary N) is 1. The Morgan fingerprint density at radius 2 is 1.79 bits per heavy atom. The molecule has 0 aliphatic heterocycles. The predicted octanol–water partition coefficient (Wildman–Crippen LogP) is 2.52. The number of aryl methyl sites for hydroxylation is 2. The first-order valence-corrected chi connectivity index (χ1v) is 6.09. The summed E-state index contributed by atoms with van der Waals surface area (Å²) in [5.41, 5.74) is 2.07. The zero-order chi connectivity index (χ0) is 13.7. The largest absolute Gasteiger partial charge is 0.497 e. The van der Waals surface area contributed by atoms with Crippen LogP contribution in [0.5, 0.6) is 11.5 Å². The molecule has 0 unspecified atom stereocenters. The van der Waals surface area contributed by atoms with Crippen LogP contribution < -0.4 is 14.8 Å². The van der Waals surface area contributed by atoms with Crippen LogP contribution in [0.25, 0.3) is 0 Å². The SMILES string of the molecule is CNc1nc(CCc2cc(OC)cc(OC)c2)co1. The number of nitrogens with zero attached hydrogens (tertiary/aromatic N) is 1. The Hall–Kier alpha value is -2.17. The molecule has 1 aromatic carbocycles. The normalized spacial score (nSPS) is 10.3. The van der Waals surface area contributed by atoms with E-state index in [1.807, 2.05) is 18.2 Å². The van der Waals surface area contributed by atoms with Gasteiger partial charge in [0.25, 0.3) is 6.01 Å². The van der Waals surface area contributed by atoms with Gasteiger partial charge in [0.05, 0.1) is 19.9 Å². The summed E-state index contributed by atoms with van der Waals surface area (Å²) in [4.78, 5) is 4.29. The highest BCUT2D eigenvalue weighted by molar-refractivity contribution is 5.38. The smallest absolute Gasteiger partial charge is 0.294 e. The van der Waals surface area contributed by atoms with Gasteiger partial charge in [-0.05, 0) is 30.5 Å². The summed E-state index contributed by atoms with van der Waals surface area (Å²) < 4.78 is 15.7. The van der Waals surface area contributed by atoms with Gasteiger partial charge in [0.15, 0.2) is 0 Å². The number of oxazole rings is 1. The highest BCUT2D eigenvalue weighted by atomic mass is 16.5. The van der Waals surface area contributed by atoms with E-state index in [1.165, 1.54) is 0 Å². The first kappa shape index (κ1) is 13.3.